The van der Waals surface area contributed by atoms with Gasteiger partial charge in [-0.3, -0.25) is 4.79 Å². The minimum atomic E-state index is -0.296. The Morgan fingerprint density at radius 2 is 1.63 bits per heavy atom. The Morgan fingerprint density at radius 1 is 1.05 bits per heavy atom. The van der Waals surface area contributed by atoms with E-state index >= 15 is 0 Å². The third-order valence-corrected chi connectivity index (χ3v) is 3.02. The smallest absolute Gasteiger partial charge is 0.240 e. The molecule has 0 saturated heterocycles. The number of aromatic amines is 1. The van der Waals surface area contributed by atoms with Crippen LogP contribution < -0.4 is 20.5 Å². The standard InChI is InChI=1S/C14H14BNO3/c1-8-12(18-2)5-9(6-13(8)19-3)10-4-11(15)14(17)16-7-10/h4-7H,1-3H3,(H,16,17). The van der Waals surface area contributed by atoms with Gasteiger partial charge >= 0.3 is 0 Å². The third-order valence-electron chi connectivity index (χ3n) is 3.02. The highest BCUT2D eigenvalue weighted by atomic mass is 16.5. The Labute approximate surface area is 112 Å². The summed E-state index contributed by atoms with van der Waals surface area (Å²) in [5, 5.41) is 0. The number of H-pyrrole nitrogens is 1. The maximum atomic E-state index is 11.3. The number of aromatic nitrogens is 1. The van der Waals surface area contributed by atoms with Crippen LogP contribution in [-0.2, 0) is 0 Å². The molecule has 1 aromatic carbocycles. The molecule has 1 N–H and O–H groups in total. The summed E-state index contributed by atoms with van der Waals surface area (Å²) < 4.78 is 10.6. The molecule has 0 aliphatic heterocycles. The minimum absolute atomic E-state index is 0.177. The van der Waals surface area contributed by atoms with Crippen molar-refractivity contribution in [3.8, 4) is 22.6 Å². The highest BCUT2D eigenvalue weighted by Gasteiger charge is 2.10. The van der Waals surface area contributed by atoms with Gasteiger partial charge in [-0.2, -0.15) is 0 Å². The van der Waals surface area contributed by atoms with E-state index in [2.05, 4.69) is 4.98 Å². The van der Waals surface area contributed by atoms with E-state index in [4.69, 9.17) is 17.3 Å². The molecule has 0 fully saturated rings. The van der Waals surface area contributed by atoms with Crippen LogP contribution in [0, 0.1) is 6.92 Å². The number of methoxy groups -OCH3 is 2. The normalized spacial score (nSPS) is 10.3. The Balaban J connectivity index is 2.61. The first kappa shape index (κ1) is 13.3. The van der Waals surface area contributed by atoms with Crippen LogP contribution in [0.3, 0.4) is 0 Å². The van der Waals surface area contributed by atoms with Gasteiger partial charge in [0.15, 0.2) is 0 Å². The molecule has 0 atom stereocenters. The summed E-state index contributed by atoms with van der Waals surface area (Å²) >= 11 is 0. The van der Waals surface area contributed by atoms with Crippen LogP contribution in [0.1, 0.15) is 5.56 Å². The van der Waals surface area contributed by atoms with Crippen LogP contribution in [-0.4, -0.2) is 27.0 Å². The van der Waals surface area contributed by atoms with E-state index < -0.39 is 0 Å². The van der Waals surface area contributed by atoms with Gasteiger partial charge in [-0.05, 0) is 35.6 Å². The second kappa shape index (κ2) is 5.22. The average Bonchev–Trinajstić information content (AvgIpc) is 2.42. The summed E-state index contributed by atoms with van der Waals surface area (Å²) in [5.74, 6) is 1.44. The van der Waals surface area contributed by atoms with Crippen LogP contribution in [0.2, 0.25) is 0 Å². The molecule has 1 heterocycles. The van der Waals surface area contributed by atoms with Crippen molar-refractivity contribution in [2.75, 3.05) is 14.2 Å². The average molecular weight is 255 g/mol. The fourth-order valence-electron chi connectivity index (χ4n) is 1.92. The molecule has 5 heteroatoms. The molecule has 1 aromatic heterocycles. The quantitative estimate of drug-likeness (QED) is 0.837. The summed E-state index contributed by atoms with van der Waals surface area (Å²) in [7, 11) is 8.83. The molecule has 19 heavy (non-hydrogen) atoms. The van der Waals surface area contributed by atoms with Gasteiger partial charge in [0.25, 0.3) is 0 Å². The molecule has 2 radical (unpaired) electrons. The summed E-state index contributed by atoms with van der Waals surface area (Å²) in [4.78, 5) is 13.9. The molecule has 0 aliphatic carbocycles. The van der Waals surface area contributed by atoms with Gasteiger partial charge in [-0.15, -0.1) is 0 Å². The van der Waals surface area contributed by atoms with E-state index in [0.717, 1.165) is 28.2 Å². The van der Waals surface area contributed by atoms with Crippen molar-refractivity contribution in [2.45, 2.75) is 6.92 Å². The lowest BCUT2D eigenvalue weighted by Gasteiger charge is -2.13. The van der Waals surface area contributed by atoms with Crippen LogP contribution >= 0.6 is 0 Å². The zero-order valence-electron chi connectivity index (χ0n) is 11.1. The number of nitrogens with one attached hydrogen (secondary N) is 1. The predicted octanol–water partition coefficient (Wildman–Crippen LogP) is 1.16. The summed E-state index contributed by atoms with van der Waals surface area (Å²) in [6, 6.07) is 5.39. The van der Waals surface area contributed by atoms with Gasteiger partial charge in [0.1, 0.15) is 19.3 Å². The topological polar surface area (TPSA) is 51.3 Å². The van der Waals surface area contributed by atoms with Crippen LogP contribution in [0.5, 0.6) is 11.5 Å². The van der Waals surface area contributed by atoms with Crippen molar-refractivity contribution in [1.82, 2.24) is 4.98 Å². The largest absolute Gasteiger partial charge is 0.496 e. The lowest BCUT2D eigenvalue weighted by Crippen LogP contribution is -2.26. The number of benzene rings is 1. The Bertz CT molecular complexity index is 639. The number of hydrogen-bond donors (Lipinski definition) is 1. The van der Waals surface area contributed by atoms with Gasteiger partial charge in [-0.25, -0.2) is 0 Å². The maximum Gasteiger partial charge on any atom is 0.240 e. The molecular weight excluding hydrogens is 241 g/mol. The van der Waals surface area contributed by atoms with E-state index in [-0.39, 0.29) is 11.0 Å². The summed E-state index contributed by atoms with van der Waals surface area (Å²) in [6.45, 7) is 1.92. The maximum absolute atomic E-state index is 11.3. The van der Waals surface area contributed by atoms with Crippen molar-refractivity contribution in [1.29, 1.82) is 0 Å². The molecular formula is C14H14BNO3. The van der Waals surface area contributed by atoms with Crippen molar-refractivity contribution < 1.29 is 9.47 Å². The molecule has 0 bridgehead atoms. The molecule has 96 valence electrons. The van der Waals surface area contributed by atoms with E-state index in [1.54, 1.807) is 26.5 Å². The Kier molecular flexibility index (Phi) is 3.65. The first-order chi connectivity index (χ1) is 9.06. The molecule has 2 rings (SSSR count). The number of rotatable bonds is 3. The van der Waals surface area contributed by atoms with Crippen molar-refractivity contribution >= 4 is 13.3 Å². The van der Waals surface area contributed by atoms with Gasteiger partial charge in [0.05, 0.1) is 14.2 Å². The lowest BCUT2D eigenvalue weighted by molar-refractivity contribution is 0.389. The van der Waals surface area contributed by atoms with Gasteiger partial charge in [0, 0.05) is 11.8 Å². The van der Waals surface area contributed by atoms with E-state index in [9.17, 15) is 4.79 Å². The Morgan fingerprint density at radius 3 is 2.11 bits per heavy atom. The number of hydrogen-bond acceptors (Lipinski definition) is 3. The van der Waals surface area contributed by atoms with E-state index in [0.29, 0.717) is 0 Å². The first-order valence-electron chi connectivity index (χ1n) is 5.78. The molecule has 4 nitrogen and oxygen atoms in total. The van der Waals surface area contributed by atoms with Gasteiger partial charge in [0.2, 0.25) is 5.56 Å². The minimum Gasteiger partial charge on any atom is -0.496 e. The monoisotopic (exact) mass is 255 g/mol. The van der Waals surface area contributed by atoms with E-state index in [1.807, 2.05) is 19.1 Å². The van der Waals surface area contributed by atoms with E-state index in [1.165, 1.54) is 0 Å². The zero-order valence-corrected chi connectivity index (χ0v) is 11.1. The fraction of sp³-hybridized carbons (Fsp3) is 0.214. The van der Waals surface area contributed by atoms with Crippen LogP contribution in [0.15, 0.2) is 29.2 Å². The SMILES string of the molecule is [B]c1cc(-c2cc(OC)c(C)c(OC)c2)c[nH]c1=O. The highest BCUT2D eigenvalue weighted by Crippen LogP contribution is 2.33. The van der Waals surface area contributed by atoms with Gasteiger partial charge < -0.3 is 14.5 Å². The number of pyridine rings is 1. The number of ether oxygens (including phenoxy) is 2. The van der Waals surface area contributed by atoms with Crippen molar-refractivity contribution in [3.05, 3.63) is 40.3 Å². The molecule has 0 saturated carbocycles. The molecule has 0 unspecified atom stereocenters. The second-order valence-electron chi connectivity index (χ2n) is 4.18. The van der Waals surface area contributed by atoms with Crippen LogP contribution in [0.25, 0.3) is 11.1 Å². The summed E-state index contributed by atoms with van der Waals surface area (Å²) in [5.41, 5.74) is 2.47. The highest BCUT2D eigenvalue weighted by molar-refractivity contribution is 6.32. The fourth-order valence-corrected chi connectivity index (χ4v) is 1.92. The molecule has 2 aromatic rings. The predicted molar refractivity (Wildman–Crippen MR) is 75.7 cm³/mol. The molecule has 0 aliphatic rings. The molecule has 0 spiro atoms. The lowest BCUT2D eigenvalue weighted by atomic mass is 9.94. The third kappa shape index (κ3) is 2.50. The van der Waals surface area contributed by atoms with Gasteiger partial charge in [-0.1, -0.05) is 6.07 Å². The first-order valence-corrected chi connectivity index (χ1v) is 5.78. The zero-order chi connectivity index (χ0) is 14.0. The second-order valence-corrected chi connectivity index (χ2v) is 4.18. The van der Waals surface area contributed by atoms with Crippen molar-refractivity contribution in [3.63, 3.8) is 0 Å². The Hall–Kier alpha value is -2.17. The molecule has 0 amide bonds. The summed E-state index contributed by atoms with van der Waals surface area (Å²) in [6.07, 6.45) is 1.61. The van der Waals surface area contributed by atoms with Crippen LogP contribution in [0.4, 0.5) is 0 Å². The van der Waals surface area contributed by atoms with Crippen molar-refractivity contribution in [2.24, 2.45) is 0 Å².